The zero-order valence-electron chi connectivity index (χ0n) is 43.4. The highest BCUT2D eigenvalue weighted by Crippen LogP contribution is 2.28. The molecule has 3 amide bonds. The van der Waals surface area contributed by atoms with Crippen LogP contribution in [0.15, 0.2) is 169 Å². The summed E-state index contributed by atoms with van der Waals surface area (Å²) in [5.74, 6) is -0.274. The van der Waals surface area contributed by atoms with Crippen LogP contribution in [0.5, 0.6) is 0 Å². The van der Waals surface area contributed by atoms with Gasteiger partial charge in [-0.2, -0.15) is 0 Å². The quantitative estimate of drug-likeness (QED) is 0.0223. The number of nitrogens with two attached hydrogens (primary N) is 2. The Morgan fingerprint density at radius 3 is 1.81 bits per heavy atom. The maximum absolute atomic E-state index is 14.0. The van der Waals surface area contributed by atoms with Crippen LogP contribution in [0, 0.1) is 5.41 Å². The van der Waals surface area contributed by atoms with Crippen molar-refractivity contribution in [1.29, 1.82) is 5.41 Å². The number of carbonyl (C=O) groups is 3. The number of fused-ring (bicyclic) bond motifs is 2. The van der Waals surface area contributed by atoms with Crippen molar-refractivity contribution in [3.63, 3.8) is 0 Å². The number of rotatable bonds is 19. The van der Waals surface area contributed by atoms with Gasteiger partial charge in [-0.1, -0.05) is 145 Å². The molecule has 0 bridgehead atoms. The van der Waals surface area contributed by atoms with E-state index in [4.69, 9.17) is 40.1 Å². The lowest BCUT2D eigenvalue weighted by Gasteiger charge is -2.29. The van der Waals surface area contributed by atoms with Crippen LogP contribution in [0.1, 0.15) is 65.1 Å². The topological polar surface area (TPSA) is 228 Å². The lowest BCUT2D eigenvalue weighted by atomic mass is 9.90. The third-order valence-electron chi connectivity index (χ3n) is 14.2. The van der Waals surface area contributed by atoms with Crippen molar-refractivity contribution < 1.29 is 22.8 Å². The second-order valence-corrected chi connectivity index (χ2v) is 22.4. The third-order valence-corrected chi connectivity index (χ3v) is 16.1. The monoisotopic (exact) mass is 1110 g/mol. The number of halogens is 2. The Kier molecular flexibility index (Phi) is 20.3. The molecule has 0 spiro atoms. The lowest BCUT2D eigenvalue weighted by molar-refractivity contribution is -0.134. The fraction of sp³-hybridized carbons (Fsp3) is 0.300. The minimum absolute atomic E-state index is 0.00935. The summed E-state index contributed by atoms with van der Waals surface area (Å²) < 4.78 is 29.4. The predicted molar refractivity (Wildman–Crippen MR) is 312 cm³/mol. The van der Waals surface area contributed by atoms with Crippen LogP contribution in [-0.2, 0) is 26.2 Å². The molecule has 7 aromatic rings. The standard InChI is InChI=1S/C34H40N6O3S.C26H28Cl2N4O2/c35-34(36)37-20-9-16-32-33(41)40(24-31(26-11-3-1-4-12-26)27-13-5-2-6-14-27)21-19-29(39-32)23-38-44(42,43)30-18-17-25-10-7-8-15-28(25)22-30;27-21-11-17(12-22(28)14-21)16-32-10-8-23(31-24(7-9-29)26(32)34)15-30-25(33)20-6-5-18-3-1-2-4-19(18)13-20/h1-8,10-15,17-18,22,29,31-32,38-39H,9,16,19-21,23-24H2,(H4,35,36,37);1-6,11-14,23-24,31H,7-10,15-16,29H2,(H,30,33)/t29-,32-;23-,24-/m00/s1. The maximum Gasteiger partial charge on any atom is 0.251 e. The molecule has 2 saturated heterocycles. The first-order chi connectivity index (χ1) is 37.7. The van der Waals surface area contributed by atoms with Gasteiger partial charge < -0.3 is 42.5 Å². The van der Waals surface area contributed by atoms with E-state index < -0.39 is 22.1 Å². The minimum Gasteiger partial charge on any atom is -0.370 e. The summed E-state index contributed by atoms with van der Waals surface area (Å²) in [6, 6.07) is 50.8. The number of amides is 3. The molecule has 15 nitrogen and oxygen atoms in total. The SMILES string of the molecule is N=C(N)NCCC[C@@H]1N[C@H](CNS(=O)(=O)c2ccc3ccccc3c2)CCN(CC(c2ccccc2)c2ccccc2)C1=O.NCC[C@@H]1N[C@H](CNC(=O)c2ccc3ccccc3c2)CCN(Cc2cc(Cl)cc(Cl)c2)C1=O. The molecule has 2 fully saturated rings. The van der Waals surface area contributed by atoms with Crippen molar-refractivity contribution in [2.24, 2.45) is 11.5 Å². The first kappa shape index (κ1) is 57.3. The molecule has 7 aromatic carbocycles. The second-order valence-electron chi connectivity index (χ2n) is 19.8. The highest BCUT2D eigenvalue weighted by molar-refractivity contribution is 7.89. The molecule has 0 radical (unpaired) electrons. The molecule has 4 atom stereocenters. The molecule has 18 heteroatoms. The zero-order chi connectivity index (χ0) is 55.0. The number of nitrogens with one attached hydrogen (secondary N) is 6. The Morgan fingerprint density at radius 2 is 1.19 bits per heavy atom. The van der Waals surface area contributed by atoms with Crippen molar-refractivity contribution in [3.05, 3.63) is 196 Å². The van der Waals surface area contributed by atoms with Gasteiger partial charge in [0.05, 0.1) is 17.0 Å². The maximum atomic E-state index is 14.0. The molecular weight excluding hydrogens is 1040 g/mol. The fourth-order valence-electron chi connectivity index (χ4n) is 10.1. The zero-order valence-corrected chi connectivity index (χ0v) is 45.8. The number of benzene rings is 7. The molecule has 0 unspecified atom stereocenters. The molecule has 0 aromatic heterocycles. The van der Waals surface area contributed by atoms with Crippen molar-refractivity contribution in [2.45, 2.75) is 73.6 Å². The van der Waals surface area contributed by atoms with E-state index in [0.717, 1.165) is 38.2 Å². The largest absolute Gasteiger partial charge is 0.370 e. The Labute approximate surface area is 467 Å². The van der Waals surface area contributed by atoms with Gasteiger partial charge in [0.15, 0.2) is 5.96 Å². The number of guanidine groups is 1. The number of carbonyl (C=O) groups excluding carboxylic acids is 3. The first-order valence-corrected chi connectivity index (χ1v) is 28.6. The van der Waals surface area contributed by atoms with Crippen LogP contribution in [-0.4, -0.2) is 112 Å². The molecule has 0 saturated carbocycles. The van der Waals surface area contributed by atoms with Gasteiger partial charge in [-0.25, -0.2) is 13.1 Å². The van der Waals surface area contributed by atoms with Crippen LogP contribution in [0.25, 0.3) is 21.5 Å². The molecule has 78 heavy (non-hydrogen) atoms. The van der Waals surface area contributed by atoms with E-state index >= 15 is 0 Å². The summed E-state index contributed by atoms with van der Waals surface area (Å²) in [7, 11) is -3.77. The average Bonchev–Trinajstić information content (AvgIpc) is 3.73. The van der Waals surface area contributed by atoms with E-state index in [1.54, 1.807) is 23.1 Å². The highest BCUT2D eigenvalue weighted by Gasteiger charge is 2.34. The van der Waals surface area contributed by atoms with Gasteiger partial charge in [-0.3, -0.25) is 19.8 Å². The van der Waals surface area contributed by atoms with Gasteiger partial charge in [-0.05, 0) is 119 Å². The van der Waals surface area contributed by atoms with E-state index in [0.29, 0.717) is 93.5 Å². The fourth-order valence-corrected chi connectivity index (χ4v) is 11.8. The number of sulfonamides is 1. The van der Waals surface area contributed by atoms with Crippen LogP contribution in [0.4, 0.5) is 0 Å². The summed E-state index contributed by atoms with van der Waals surface area (Å²) in [5, 5.41) is 25.1. The van der Waals surface area contributed by atoms with E-state index in [1.807, 2.05) is 126 Å². The molecule has 10 N–H and O–H groups in total. The Morgan fingerprint density at radius 1 is 0.654 bits per heavy atom. The van der Waals surface area contributed by atoms with Crippen LogP contribution in [0.2, 0.25) is 10.0 Å². The van der Waals surface area contributed by atoms with Crippen molar-refractivity contribution in [2.75, 3.05) is 45.8 Å². The van der Waals surface area contributed by atoms with Gasteiger partial charge in [-0.15, -0.1) is 0 Å². The molecule has 2 heterocycles. The van der Waals surface area contributed by atoms with Crippen LogP contribution < -0.4 is 37.5 Å². The molecular formula is C60H68Cl2N10O5S. The summed E-state index contributed by atoms with van der Waals surface area (Å²) in [5.41, 5.74) is 15.0. The van der Waals surface area contributed by atoms with Crippen LogP contribution >= 0.6 is 23.2 Å². The van der Waals surface area contributed by atoms with Gasteiger partial charge in [0, 0.05) is 79.4 Å². The summed E-state index contributed by atoms with van der Waals surface area (Å²) in [4.78, 5) is 43.9. The Balaban J connectivity index is 0.000000213. The Bertz CT molecular complexity index is 3220. The van der Waals surface area contributed by atoms with Crippen molar-refractivity contribution >= 4 is 78.5 Å². The smallest absolute Gasteiger partial charge is 0.251 e. The predicted octanol–water partition coefficient (Wildman–Crippen LogP) is 7.76. The Hall–Kier alpha value is -6.89. The highest BCUT2D eigenvalue weighted by atomic mass is 35.5. The molecule has 9 rings (SSSR count). The lowest BCUT2D eigenvalue weighted by Crippen LogP contribution is -2.49. The first-order valence-electron chi connectivity index (χ1n) is 26.4. The van der Waals surface area contributed by atoms with E-state index in [9.17, 15) is 22.8 Å². The molecule has 2 aliphatic heterocycles. The van der Waals surface area contributed by atoms with Gasteiger partial charge in [0.2, 0.25) is 21.8 Å². The summed E-state index contributed by atoms with van der Waals surface area (Å²) in [6.45, 7) is 3.38. The minimum atomic E-state index is -3.77. The number of nitrogens with zero attached hydrogens (tertiary/aromatic N) is 2. The third kappa shape index (κ3) is 15.9. The van der Waals surface area contributed by atoms with E-state index in [-0.39, 0.29) is 53.1 Å². The van der Waals surface area contributed by atoms with Gasteiger partial charge >= 0.3 is 0 Å². The van der Waals surface area contributed by atoms with E-state index in [2.05, 4.69) is 50.3 Å². The number of hydrogen-bond acceptors (Lipinski definition) is 9. The molecule has 0 aliphatic carbocycles. The van der Waals surface area contributed by atoms with Gasteiger partial charge in [0.25, 0.3) is 5.91 Å². The van der Waals surface area contributed by atoms with Crippen molar-refractivity contribution in [1.82, 2.24) is 35.8 Å². The molecule has 2 aliphatic rings. The molecule has 408 valence electrons. The van der Waals surface area contributed by atoms with Gasteiger partial charge in [0.1, 0.15) is 0 Å². The average molecular weight is 1110 g/mol. The van der Waals surface area contributed by atoms with Crippen molar-refractivity contribution in [3.8, 4) is 0 Å². The normalized spacial score (nSPS) is 18.0. The second kappa shape index (κ2) is 27.6. The summed E-state index contributed by atoms with van der Waals surface area (Å²) in [6.07, 6.45) is 2.93. The van der Waals surface area contributed by atoms with E-state index in [1.165, 1.54) is 0 Å². The number of hydrogen-bond donors (Lipinski definition) is 8. The summed E-state index contributed by atoms with van der Waals surface area (Å²) >= 11 is 12.3. The van der Waals surface area contributed by atoms with Crippen LogP contribution in [0.3, 0.4) is 0 Å².